The number of likely N-dealkylation sites (N-methyl/N-ethyl adjacent to an activating group) is 1. The smallest absolute Gasteiger partial charge is 0.120 e. The molecular formula is C14H22N2O. The summed E-state index contributed by atoms with van der Waals surface area (Å²) in [5, 5.41) is 13.4. The van der Waals surface area contributed by atoms with Crippen LogP contribution in [-0.2, 0) is 6.42 Å². The molecule has 0 spiro atoms. The van der Waals surface area contributed by atoms with Crippen LogP contribution in [-0.4, -0.2) is 37.2 Å². The summed E-state index contributed by atoms with van der Waals surface area (Å²) in [7, 11) is 4.17. The van der Waals surface area contributed by atoms with Crippen molar-refractivity contribution in [3.8, 4) is 5.75 Å². The first-order valence-electron chi connectivity index (χ1n) is 6.37. The van der Waals surface area contributed by atoms with Crippen LogP contribution in [0.4, 0.5) is 0 Å². The van der Waals surface area contributed by atoms with Gasteiger partial charge in [-0.3, -0.25) is 0 Å². The van der Waals surface area contributed by atoms with Gasteiger partial charge in [-0.05, 0) is 51.5 Å². The molecule has 0 radical (unpaired) electrons. The van der Waals surface area contributed by atoms with Crippen LogP contribution in [0, 0.1) is 0 Å². The topological polar surface area (TPSA) is 35.5 Å². The lowest BCUT2D eigenvalue weighted by Gasteiger charge is -2.15. The Bertz CT molecular complexity index is 370. The maximum Gasteiger partial charge on any atom is 0.120 e. The number of aromatic hydroxyl groups is 1. The fourth-order valence-corrected chi connectivity index (χ4v) is 2.34. The number of phenols is 1. The summed E-state index contributed by atoms with van der Waals surface area (Å²) in [6.07, 6.45) is 3.36. The molecule has 1 aliphatic rings. The van der Waals surface area contributed by atoms with E-state index in [-0.39, 0.29) is 0 Å². The van der Waals surface area contributed by atoms with E-state index in [4.69, 9.17) is 0 Å². The van der Waals surface area contributed by atoms with E-state index in [2.05, 4.69) is 30.4 Å². The van der Waals surface area contributed by atoms with Crippen molar-refractivity contribution in [2.45, 2.75) is 25.3 Å². The summed E-state index contributed by atoms with van der Waals surface area (Å²) in [6, 6.07) is 6.36. The highest BCUT2D eigenvalue weighted by molar-refractivity contribution is 5.39. The second kappa shape index (κ2) is 5.52. The lowest BCUT2D eigenvalue weighted by atomic mass is 10.00. The molecule has 1 aliphatic heterocycles. The lowest BCUT2D eigenvalue weighted by Crippen LogP contribution is -2.16. The van der Waals surface area contributed by atoms with Crippen molar-refractivity contribution in [3.05, 3.63) is 29.3 Å². The maximum atomic E-state index is 9.92. The molecule has 17 heavy (non-hydrogen) atoms. The van der Waals surface area contributed by atoms with E-state index in [0.717, 1.165) is 31.5 Å². The minimum absolute atomic E-state index is 0.342. The van der Waals surface area contributed by atoms with Gasteiger partial charge in [0.1, 0.15) is 5.75 Å². The summed E-state index contributed by atoms with van der Waals surface area (Å²) in [5.41, 5.74) is 2.37. The van der Waals surface area contributed by atoms with Crippen LogP contribution in [0.5, 0.6) is 5.75 Å². The van der Waals surface area contributed by atoms with Gasteiger partial charge in [0.05, 0.1) is 0 Å². The van der Waals surface area contributed by atoms with E-state index in [1.54, 1.807) is 0 Å². The number of hydrogen-bond donors (Lipinski definition) is 2. The summed E-state index contributed by atoms with van der Waals surface area (Å²) < 4.78 is 0. The summed E-state index contributed by atoms with van der Waals surface area (Å²) >= 11 is 0. The standard InChI is InChI=1S/C14H22N2O/c1-16(2)9-7-11-5-6-14(17)12(10-11)13-4-3-8-15-13/h5-6,10,13,15,17H,3-4,7-9H2,1-2H3. The Labute approximate surface area is 103 Å². The van der Waals surface area contributed by atoms with Gasteiger partial charge in [-0.15, -0.1) is 0 Å². The van der Waals surface area contributed by atoms with Crippen LogP contribution in [0.3, 0.4) is 0 Å². The average Bonchev–Trinajstić information content (AvgIpc) is 2.81. The van der Waals surface area contributed by atoms with Gasteiger partial charge in [-0.1, -0.05) is 12.1 Å². The Hall–Kier alpha value is -1.06. The Morgan fingerprint density at radius 3 is 2.88 bits per heavy atom. The quantitative estimate of drug-likeness (QED) is 0.835. The van der Waals surface area contributed by atoms with Gasteiger partial charge in [0.25, 0.3) is 0 Å². The molecule has 3 heteroatoms. The molecule has 1 unspecified atom stereocenters. The molecule has 2 rings (SSSR count). The molecule has 0 bridgehead atoms. The third-order valence-electron chi connectivity index (χ3n) is 3.38. The van der Waals surface area contributed by atoms with Gasteiger partial charge in [-0.25, -0.2) is 0 Å². The third kappa shape index (κ3) is 3.20. The van der Waals surface area contributed by atoms with Crippen LogP contribution in [0.25, 0.3) is 0 Å². The van der Waals surface area contributed by atoms with Gasteiger partial charge in [0.2, 0.25) is 0 Å². The molecule has 94 valence electrons. The fourth-order valence-electron chi connectivity index (χ4n) is 2.34. The van der Waals surface area contributed by atoms with Crippen LogP contribution >= 0.6 is 0 Å². The first-order valence-corrected chi connectivity index (χ1v) is 6.37. The minimum Gasteiger partial charge on any atom is -0.508 e. The second-order valence-electron chi connectivity index (χ2n) is 5.10. The number of phenolic OH excluding ortho intramolecular Hbond substituents is 1. The van der Waals surface area contributed by atoms with Crippen molar-refractivity contribution >= 4 is 0 Å². The largest absolute Gasteiger partial charge is 0.508 e. The highest BCUT2D eigenvalue weighted by Gasteiger charge is 2.19. The van der Waals surface area contributed by atoms with Crippen molar-refractivity contribution in [1.82, 2.24) is 10.2 Å². The molecular weight excluding hydrogens is 212 g/mol. The van der Waals surface area contributed by atoms with Crippen LogP contribution < -0.4 is 5.32 Å². The molecule has 1 saturated heterocycles. The Morgan fingerprint density at radius 2 is 2.24 bits per heavy atom. The Morgan fingerprint density at radius 1 is 1.41 bits per heavy atom. The van der Waals surface area contributed by atoms with Crippen molar-refractivity contribution in [1.29, 1.82) is 0 Å². The zero-order valence-electron chi connectivity index (χ0n) is 10.7. The predicted molar refractivity (Wildman–Crippen MR) is 70.3 cm³/mol. The summed E-state index contributed by atoms with van der Waals surface area (Å²) in [5.74, 6) is 0.429. The molecule has 1 aromatic carbocycles. The fraction of sp³-hybridized carbons (Fsp3) is 0.571. The van der Waals surface area contributed by atoms with Gasteiger partial charge in [-0.2, -0.15) is 0 Å². The zero-order valence-corrected chi connectivity index (χ0v) is 10.7. The van der Waals surface area contributed by atoms with Crippen LogP contribution in [0.1, 0.15) is 30.0 Å². The molecule has 1 aromatic rings. The van der Waals surface area contributed by atoms with Gasteiger partial charge in [0, 0.05) is 18.2 Å². The number of hydrogen-bond acceptors (Lipinski definition) is 3. The summed E-state index contributed by atoms with van der Waals surface area (Å²) in [6.45, 7) is 2.11. The highest BCUT2D eigenvalue weighted by atomic mass is 16.3. The van der Waals surface area contributed by atoms with Crippen LogP contribution in [0.2, 0.25) is 0 Å². The predicted octanol–water partition coefficient (Wildman–Crippen LogP) is 1.92. The van der Waals surface area contributed by atoms with Crippen LogP contribution in [0.15, 0.2) is 18.2 Å². The number of nitrogens with zero attached hydrogens (tertiary/aromatic N) is 1. The Balaban J connectivity index is 2.11. The average molecular weight is 234 g/mol. The maximum absolute atomic E-state index is 9.92. The molecule has 1 heterocycles. The van der Waals surface area contributed by atoms with E-state index < -0.39 is 0 Å². The highest BCUT2D eigenvalue weighted by Crippen LogP contribution is 2.30. The molecule has 0 aromatic heterocycles. The van der Waals surface area contributed by atoms with Crippen molar-refractivity contribution in [2.75, 3.05) is 27.2 Å². The minimum atomic E-state index is 0.342. The number of nitrogens with one attached hydrogen (secondary N) is 1. The lowest BCUT2D eigenvalue weighted by molar-refractivity contribution is 0.413. The second-order valence-corrected chi connectivity index (χ2v) is 5.10. The van der Waals surface area contributed by atoms with Crippen molar-refractivity contribution < 1.29 is 5.11 Å². The molecule has 3 nitrogen and oxygen atoms in total. The van der Waals surface area contributed by atoms with E-state index in [9.17, 15) is 5.11 Å². The molecule has 0 amide bonds. The SMILES string of the molecule is CN(C)CCc1ccc(O)c(C2CCCN2)c1. The van der Waals surface area contributed by atoms with E-state index in [1.165, 1.54) is 12.0 Å². The van der Waals surface area contributed by atoms with E-state index >= 15 is 0 Å². The van der Waals surface area contributed by atoms with E-state index in [0.29, 0.717) is 11.8 Å². The molecule has 2 N–H and O–H groups in total. The third-order valence-corrected chi connectivity index (χ3v) is 3.38. The van der Waals surface area contributed by atoms with Crippen molar-refractivity contribution in [2.24, 2.45) is 0 Å². The van der Waals surface area contributed by atoms with E-state index in [1.807, 2.05) is 12.1 Å². The molecule has 1 atom stereocenters. The zero-order chi connectivity index (χ0) is 12.3. The van der Waals surface area contributed by atoms with Crippen molar-refractivity contribution in [3.63, 3.8) is 0 Å². The number of rotatable bonds is 4. The number of benzene rings is 1. The van der Waals surface area contributed by atoms with Gasteiger partial charge < -0.3 is 15.3 Å². The molecule has 0 aliphatic carbocycles. The molecule has 1 fully saturated rings. The van der Waals surface area contributed by atoms with Gasteiger partial charge in [0.15, 0.2) is 0 Å². The van der Waals surface area contributed by atoms with Gasteiger partial charge >= 0.3 is 0 Å². The summed E-state index contributed by atoms with van der Waals surface area (Å²) in [4.78, 5) is 2.18. The Kier molecular flexibility index (Phi) is 4.02. The normalized spacial score (nSPS) is 20.1. The molecule has 0 saturated carbocycles. The monoisotopic (exact) mass is 234 g/mol. The first kappa shape index (κ1) is 12.4. The first-order chi connectivity index (χ1) is 8.16.